The molecule has 1 aliphatic rings. The quantitative estimate of drug-likeness (QED) is 0.720. The molecule has 1 aliphatic heterocycles. The van der Waals surface area contributed by atoms with E-state index in [4.69, 9.17) is 0 Å². The number of aliphatic hydroxyl groups excluding tert-OH is 1. The summed E-state index contributed by atoms with van der Waals surface area (Å²) in [6.07, 6.45) is 0.964. The molecule has 1 heterocycles. The van der Waals surface area contributed by atoms with E-state index in [1.54, 1.807) is 4.90 Å². The van der Waals surface area contributed by atoms with Crippen LogP contribution >= 0.6 is 0 Å². The van der Waals surface area contributed by atoms with Crippen LogP contribution in [0.1, 0.15) is 13.3 Å². The first-order valence-electron chi connectivity index (χ1n) is 6.23. The van der Waals surface area contributed by atoms with Crippen molar-refractivity contribution in [3.8, 4) is 0 Å². The van der Waals surface area contributed by atoms with Gasteiger partial charge in [-0.25, -0.2) is 0 Å². The van der Waals surface area contributed by atoms with E-state index in [0.717, 1.165) is 26.1 Å². The number of carbonyl (C=O) groups is 1. The van der Waals surface area contributed by atoms with Crippen molar-refractivity contribution in [2.24, 2.45) is 0 Å². The highest BCUT2D eigenvalue weighted by molar-refractivity contribution is 5.82. The molecule has 0 saturated carbocycles. The summed E-state index contributed by atoms with van der Waals surface area (Å²) in [5, 5.41) is 9.45. The summed E-state index contributed by atoms with van der Waals surface area (Å²) in [5.41, 5.74) is 0. The van der Waals surface area contributed by atoms with Crippen LogP contribution in [0.3, 0.4) is 0 Å². The van der Waals surface area contributed by atoms with E-state index in [0.29, 0.717) is 6.04 Å². The highest BCUT2D eigenvalue weighted by Crippen LogP contribution is 2.16. The maximum Gasteiger partial charge on any atom is 0.242 e. The van der Waals surface area contributed by atoms with E-state index in [2.05, 4.69) is 16.7 Å². The zero-order valence-electron chi connectivity index (χ0n) is 11.4. The van der Waals surface area contributed by atoms with E-state index in [-0.39, 0.29) is 18.6 Å². The molecule has 2 atom stereocenters. The standard InChI is InChI=1S/C12H25N3O2/c1-10-5-6-14(4)12(17)11(9-16)15(10)8-7-13(2)3/h10-11,16H,5-9H2,1-4H3. The minimum atomic E-state index is -0.377. The Morgan fingerprint density at radius 1 is 1.47 bits per heavy atom. The summed E-state index contributed by atoms with van der Waals surface area (Å²) in [6, 6.07) is -0.0431. The van der Waals surface area contributed by atoms with Crippen LogP contribution in [0.25, 0.3) is 0 Å². The molecule has 1 saturated heterocycles. The van der Waals surface area contributed by atoms with Crippen molar-refractivity contribution in [2.45, 2.75) is 25.4 Å². The van der Waals surface area contributed by atoms with Gasteiger partial charge in [-0.1, -0.05) is 0 Å². The Labute approximate surface area is 104 Å². The lowest BCUT2D eigenvalue weighted by Gasteiger charge is -2.33. The van der Waals surface area contributed by atoms with Crippen LogP contribution in [0.4, 0.5) is 0 Å². The van der Waals surface area contributed by atoms with Gasteiger partial charge in [-0.3, -0.25) is 9.69 Å². The molecule has 1 amide bonds. The van der Waals surface area contributed by atoms with Crippen molar-refractivity contribution in [1.29, 1.82) is 0 Å². The minimum absolute atomic E-state index is 0.0376. The number of amides is 1. The molecule has 2 unspecified atom stereocenters. The lowest BCUT2D eigenvalue weighted by atomic mass is 10.1. The Kier molecular flexibility index (Phi) is 5.36. The van der Waals surface area contributed by atoms with Gasteiger partial charge in [0, 0.05) is 32.7 Å². The zero-order valence-corrected chi connectivity index (χ0v) is 11.4. The van der Waals surface area contributed by atoms with E-state index in [1.165, 1.54) is 0 Å². The van der Waals surface area contributed by atoms with Gasteiger partial charge in [0.2, 0.25) is 5.91 Å². The summed E-state index contributed by atoms with van der Waals surface area (Å²) in [6.45, 7) is 4.53. The van der Waals surface area contributed by atoms with Crippen LogP contribution in [0.5, 0.6) is 0 Å². The lowest BCUT2D eigenvalue weighted by molar-refractivity contribution is -0.136. The summed E-state index contributed by atoms with van der Waals surface area (Å²) in [5.74, 6) is 0.0376. The van der Waals surface area contributed by atoms with Gasteiger partial charge in [0.15, 0.2) is 0 Å². The average Bonchev–Trinajstić information content (AvgIpc) is 2.38. The largest absolute Gasteiger partial charge is 0.394 e. The summed E-state index contributed by atoms with van der Waals surface area (Å²) in [4.78, 5) is 18.0. The van der Waals surface area contributed by atoms with Crippen molar-refractivity contribution in [1.82, 2.24) is 14.7 Å². The zero-order chi connectivity index (χ0) is 13.0. The minimum Gasteiger partial charge on any atom is -0.394 e. The predicted molar refractivity (Wildman–Crippen MR) is 67.8 cm³/mol. The molecular weight excluding hydrogens is 218 g/mol. The molecule has 0 bridgehead atoms. The molecule has 5 nitrogen and oxygen atoms in total. The van der Waals surface area contributed by atoms with E-state index < -0.39 is 0 Å². The molecule has 1 N–H and O–H groups in total. The number of likely N-dealkylation sites (N-methyl/N-ethyl adjacent to an activating group) is 2. The van der Waals surface area contributed by atoms with Crippen molar-refractivity contribution < 1.29 is 9.90 Å². The molecule has 0 aliphatic carbocycles. The third-order valence-corrected chi connectivity index (χ3v) is 3.49. The maximum atomic E-state index is 12.1. The van der Waals surface area contributed by atoms with Crippen LogP contribution in [0.2, 0.25) is 0 Å². The highest BCUT2D eigenvalue weighted by atomic mass is 16.3. The highest BCUT2D eigenvalue weighted by Gasteiger charge is 2.33. The van der Waals surface area contributed by atoms with E-state index in [1.807, 2.05) is 21.1 Å². The number of hydrogen-bond donors (Lipinski definition) is 1. The summed E-state index contributed by atoms with van der Waals surface area (Å²) < 4.78 is 0. The fraction of sp³-hybridized carbons (Fsp3) is 0.917. The normalized spacial score (nSPS) is 27.6. The van der Waals surface area contributed by atoms with Gasteiger partial charge >= 0.3 is 0 Å². The topological polar surface area (TPSA) is 47.0 Å². The molecule has 100 valence electrons. The second kappa shape index (κ2) is 6.33. The van der Waals surface area contributed by atoms with Crippen LogP contribution in [-0.4, -0.2) is 85.2 Å². The first-order valence-corrected chi connectivity index (χ1v) is 6.23. The Morgan fingerprint density at radius 3 is 2.65 bits per heavy atom. The summed E-state index contributed by atoms with van der Waals surface area (Å²) >= 11 is 0. The molecule has 5 heteroatoms. The third-order valence-electron chi connectivity index (χ3n) is 3.49. The fourth-order valence-corrected chi connectivity index (χ4v) is 2.23. The van der Waals surface area contributed by atoms with Crippen molar-refractivity contribution >= 4 is 5.91 Å². The molecule has 0 aromatic carbocycles. The molecule has 0 radical (unpaired) electrons. The van der Waals surface area contributed by atoms with Gasteiger partial charge in [0.05, 0.1) is 6.61 Å². The van der Waals surface area contributed by atoms with Crippen LogP contribution in [0, 0.1) is 0 Å². The van der Waals surface area contributed by atoms with Gasteiger partial charge < -0.3 is 14.9 Å². The van der Waals surface area contributed by atoms with Crippen molar-refractivity contribution in [3.05, 3.63) is 0 Å². The van der Waals surface area contributed by atoms with Gasteiger partial charge in [-0.15, -0.1) is 0 Å². The SMILES string of the molecule is CC1CCN(C)C(=O)C(CO)N1CCN(C)C. The van der Waals surface area contributed by atoms with Crippen LogP contribution in [0.15, 0.2) is 0 Å². The Morgan fingerprint density at radius 2 is 2.12 bits per heavy atom. The van der Waals surface area contributed by atoms with Gasteiger partial charge in [-0.05, 0) is 27.4 Å². The molecular formula is C12H25N3O2. The van der Waals surface area contributed by atoms with E-state index in [9.17, 15) is 9.90 Å². The second-order valence-corrected chi connectivity index (χ2v) is 5.14. The number of carbonyl (C=O) groups excluding carboxylic acids is 1. The predicted octanol–water partition coefficient (Wildman–Crippen LogP) is -0.538. The van der Waals surface area contributed by atoms with Gasteiger partial charge in [0.1, 0.15) is 6.04 Å². The first kappa shape index (κ1) is 14.4. The van der Waals surface area contributed by atoms with Crippen molar-refractivity contribution in [3.63, 3.8) is 0 Å². The average molecular weight is 243 g/mol. The Bertz CT molecular complexity index is 258. The summed E-state index contributed by atoms with van der Waals surface area (Å²) in [7, 11) is 5.85. The first-order chi connectivity index (χ1) is 7.97. The molecule has 1 rings (SSSR count). The molecule has 1 fully saturated rings. The number of hydrogen-bond acceptors (Lipinski definition) is 4. The van der Waals surface area contributed by atoms with Crippen LogP contribution in [-0.2, 0) is 4.79 Å². The second-order valence-electron chi connectivity index (χ2n) is 5.14. The van der Waals surface area contributed by atoms with Crippen LogP contribution < -0.4 is 0 Å². The fourth-order valence-electron chi connectivity index (χ4n) is 2.23. The molecule has 0 aromatic rings. The third kappa shape index (κ3) is 3.66. The Balaban J connectivity index is 2.76. The number of nitrogens with zero attached hydrogens (tertiary/aromatic N) is 3. The lowest BCUT2D eigenvalue weighted by Crippen LogP contribution is -2.51. The van der Waals surface area contributed by atoms with Gasteiger partial charge in [-0.2, -0.15) is 0 Å². The van der Waals surface area contributed by atoms with Crippen molar-refractivity contribution in [2.75, 3.05) is 47.4 Å². The Hall–Kier alpha value is -0.650. The van der Waals surface area contributed by atoms with E-state index >= 15 is 0 Å². The smallest absolute Gasteiger partial charge is 0.242 e. The van der Waals surface area contributed by atoms with Gasteiger partial charge in [0.25, 0.3) is 0 Å². The maximum absolute atomic E-state index is 12.1. The molecule has 17 heavy (non-hydrogen) atoms. The number of rotatable bonds is 4. The monoisotopic (exact) mass is 243 g/mol. The molecule has 0 spiro atoms. The molecule has 0 aromatic heterocycles. The number of aliphatic hydroxyl groups is 1.